The van der Waals surface area contributed by atoms with Crippen molar-refractivity contribution in [3.8, 4) is 0 Å². The van der Waals surface area contributed by atoms with Crippen LogP contribution in [-0.2, 0) is 4.74 Å². The van der Waals surface area contributed by atoms with Crippen LogP contribution in [-0.4, -0.2) is 66.5 Å². The highest BCUT2D eigenvalue weighted by molar-refractivity contribution is 14.0. The van der Waals surface area contributed by atoms with Gasteiger partial charge in [-0.1, -0.05) is 0 Å². The highest BCUT2D eigenvalue weighted by atomic mass is 127. The van der Waals surface area contributed by atoms with Crippen LogP contribution < -0.4 is 10.6 Å². The minimum Gasteiger partial charge on any atom is -0.444 e. The number of carbonyl (C=O) groups is 1. The minimum atomic E-state index is -0.484. The van der Waals surface area contributed by atoms with Gasteiger partial charge in [0.15, 0.2) is 5.96 Å². The summed E-state index contributed by atoms with van der Waals surface area (Å²) in [5.74, 6) is 0.866. The molecule has 0 radical (unpaired) electrons. The number of halogens is 1. The summed E-state index contributed by atoms with van der Waals surface area (Å²) in [6, 6.07) is 0.0661. The first-order valence-electron chi connectivity index (χ1n) is 8.90. The van der Waals surface area contributed by atoms with Crippen molar-refractivity contribution < 1.29 is 14.6 Å². The van der Waals surface area contributed by atoms with Gasteiger partial charge >= 0.3 is 6.09 Å². The molecule has 0 bridgehead atoms. The van der Waals surface area contributed by atoms with E-state index in [1.165, 1.54) is 0 Å². The first-order valence-corrected chi connectivity index (χ1v) is 8.90. The van der Waals surface area contributed by atoms with E-state index in [1.807, 2.05) is 27.7 Å². The zero-order valence-electron chi connectivity index (χ0n) is 15.8. The number of carbonyl (C=O) groups excluding carboxylic acids is 1. The SMILES string of the molecule is CCNC(=NCC1(CO)CC1)N1CC[C@@H](NC(=O)OC(C)(C)C)C1.I. The number of aliphatic hydroxyl groups excluding tert-OH is 1. The molecule has 0 aromatic heterocycles. The van der Waals surface area contributed by atoms with Crippen molar-refractivity contribution in [2.75, 3.05) is 32.8 Å². The molecule has 0 aromatic carbocycles. The third-order valence-electron chi connectivity index (χ3n) is 4.40. The maximum Gasteiger partial charge on any atom is 0.407 e. The van der Waals surface area contributed by atoms with Crippen molar-refractivity contribution in [2.45, 2.75) is 58.6 Å². The number of alkyl carbamates (subject to hydrolysis) is 1. The average Bonchev–Trinajstić information content (AvgIpc) is 3.13. The predicted molar refractivity (Wildman–Crippen MR) is 109 cm³/mol. The Morgan fingerprint density at radius 3 is 2.60 bits per heavy atom. The van der Waals surface area contributed by atoms with Gasteiger partial charge in [-0.15, -0.1) is 24.0 Å². The van der Waals surface area contributed by atoms with Crippen molar-refractivity contribution >= 4 is 36.0 Å². The summed E-state index contributed by atoms with van der Waals surface area (Å²) in [4.78, 5) is 18.8. The van der Waals surface area contributed by atoms with Gasteiger partial charge in [0.05, 0.1) is 19.2 Å². The molecule has 1 atom stereocenters. The summed E-state index contributed by atoms with van der Waals surface area (Å²) in [6.07, 6.45) is 2.60. The van der Waals surface area contributed by atoms with Crippen molar-refractivity contribution in [3.63, 3.8) is 0 Å². The van der Waals surface area contributed by atoms with E-state index in [2.05, 4.69) is 15.5 Å². The van der Waals surface area contributed by atoms with Crippen LogP contribution in [0.2, 0.25) is 0 Å². The molecule has 1 saturated heterocycles. The van der Waals surface area contributed by atoms with E-state index in [-0.39, 0.29) is 48.1 Å². The second-order valence-corrected chi connectivity index (χ2v) is 7.91. The smallest absolute Gasteiger partial charge is 0.407 e. The van der Waals surface area contributed by atoms with Crippen LogP contribution in [0.25, 0.3) is 0 Å². The number of aliphatic imine (C=N–C) groups is 1. The van der Waals surface area contributed by atoms with Crippen molar-refractivity contribution in [1.29, 1.82) is 0 Å². The van der Waals surface area contributed by atoms with Crippen LogP contribution in [0, 0.1) is 5.41 Å². The maximum atomic E-state index is 11.9. The van der Waals surface area contributed by atoms with Gasteiger partial charge in [0.2, 0.25) is 0 Å². The summed E-state index contributed by atoms with van der Waals surface area (Å²) < 4.78 is 5.32. The highest BCUT2D eigenvalue weighted by Crippen LogP contribution is 2.45. The van der Waals surface area contributed by atoms with Gasteiger partial charge in [-0.3, -0.25) is 4.99 Å². The first kappa shape index (κ1) is 22.3. The van der Waals surface area contributed by atoms with Crippen LogP contribution in [0.1, 0.15) is 47.0 Å². The van der Waals surface area contributed by atoms with Gasteiger partial charge < -0.3 is 25.4 Å². The second-order valence-electron chi connectivity index (χ2n) is 7.91. The molecule has 1 aliphatic carbocycles. The Hall–Kier alpha value is -0.770. The fourth-order valence-electron chi connectivity index (χ4n) is 2.76. The lowest BCUT2D eigenvalue weighted by molar-refractivity contribution is 0.0507. The molecule has 7 nitrogen and oxygen atoms in total. The van der Waals surface area contributed by atoms with E-state index in [9.17, 15) is 9.90 Å². The Morgan fingerprint density at radius 1 is 1.40 bits per heavy atom. The monoisotopic (exact) mass is 468 g/mol. The van der Waals surface area contributed by atoms with Gasteiger partial charge in [-0.2, -0.15) is 0 Å². The zero-order valence-corrected chi connectivity index (χ0v) is 18.1. The Kier molecular flexibility index (Phi) is 8.24. The molecule has 0 aromatic rings. The number of hydrogen-bond acceptors (Lipinski definition) is 4. The quantitative estimate of drug-likeness (QED) is 0.326. The van der Waals surface area contributed by atoms with Crippen LogP contribution in [0.3, 0.4) is 0 Å². The number of guanidine groups is 1. The molecule has 1 aliphatic heterocycles. The molecule has 2 rings (SSSR count). The number of amides is 1. The fraction of sp³-hybridized carbons (Fsp3) is 0.882. The molecule has 0 spiro atoms. The van der Waals surface area contributed by atoms with Crippen LogP contribution in [0.4, 0.5) is 4.79 Å². The van der Waals surface area contributed by atoms with Gasteiger partial charge in [0, 0.05) is 25.0 Å². The standard InChI is InChI=1S/C17H32N4O3.HI/c1-5-18-14(19-11-17(12-22)7-8-17)21-9-6-13(10-21)20-15(23)24-16(2,3)4;/h13,22H,5-12H2,1-4H3,(H,18,19)(H,20,23);1H/t13-;/m1./s1. The number of nitrogens with zero attached hydrogens (tertiary/aromatic N) is 2. The summed E-state index contributed by atoms with van der Waals surface area (Å²) in [7, 11) is 0. The van der Waals surface area contributed by atoms with Gasteiger partial charge in [0.1, 0.15) is 5.60 Å². The van der Waals surface area contributed by atoms with Gasteiger partial charge in [-0.05, 0) is 47.0 Å². The molecular weight excluding hydrogens is 435 g/mol. The average molecular weight is 468 g/mol. The number of hydrogen-bond donors (Lipinski definition) is 3. The molecule has 25 heavy (non-hydrogen) atoms. The summed E-state index contributed by atoms with van der Waals surface area (Å²) in [6.45, 7) is 10.8. The Morgan fingerprint density at radius 2 is 2.08 bits per heavy atom. The van der Waals surface area contributed by atoms with Crippen LogP contribution >= 0.6 is 24.0 Å². The van der Waals surface area contributed by atoms with E-state index in [0.29, 0.717) is 6.54 Å². The zero-order chi connectivity index (χ0) is 17.8. The molecule has 1 amide bonds. The van der Waals surface area contributed by atoms with E-state index >= 15 is 0 Å². The first-order chi connectivity index (χ1) is 11.3. The molecule has 3 N–H and O–H groups in total. The minimum absolute atomic E-state index is 0. The molecule has 0 unspecified atom stereocenters. The molecule has 1 heterocycles. The van der Waals surface area contributed by atoms with E-state index < -0.39 is 5.60 Å². The van der Waals surface area contributed by atoms with E-state index in [1.54, 1.807) is 0 Å². The summed E-state index contributed by atoms with van der Waals surface area (Å²) >= 11 is 0. The molecule has 1 saturated carbocycles. The van der Waals surface area contributed by atoms with Crippen LogP contribution in [0.15, 0.2) is 4.99 Å². The van der Waals surface area contributed by atoms with Gasteiger partial charge in [-0.25, -0.2) is 4.79 Å². The Bertz CT molecular complexity index is 475. The Balaban J connectivity index is 0.00000312. The van der Waals surface area contributed by atoms with Crippen molar-refractivity contribution in [3.05, 3.63) is 0 Å². The lowest BCUT2D eigenvalue weighted by atomic mass is 10.1. The number of nitrogens with one attached hydrogen (secondary N) is 2. The van der Waals surface area contributed by atoms with Crippen LogP contribution in [0.5, 0.6) is 0 Å². The topological polar surface area (TPSA) is 86.2 Å². The summed E-state index contributed by atoms with van der Waals surface area (Å²) in [5, 5.41) is 15.7. The number of rotatable bonds is 5. The van der Waals surface area contributed by atoms with Gasteiger partial charge in [0.25, 0.3) is 0 Å². The number of ether oxygens (including phenoxy) is 1. The molecule has 8 heteroatoms. The number of aliphatic hydroxyl groups is 1. The Labute approximate surface area is 168 Å². The lowest BCUT2D eigenvalue weighted by Crippen LogP contribution is -2.44. The highest BCUT2D eigenvalue weighted by Gasteiger charge is 2.42. The lowest BCUT2D eigenvalue weighted by Gasteiger charge is -2.24. The van der Waals surface area contributed by atoms with Crippen molar-refractivity contribution in [1.82, 2.24) is 15.5 Å². The summed E-state index contributed by atoms with van der Waals surface area (Å²) in [5.41, 5.74) is -0.476. The predicted octanol–water partition coefficient (Wildman–Crippen LogP) is 1.94. The maximum absolute atomic E-state index is 11.9. The normalized spacial score (nSPS) is 22.2. The van der Waals surface area contributed by atoms with Crippen molar-refractivity contribution in [2.24, 2.45) is 10.4 Å². The van der Waals surface area contributed by atoms with E-state index in [0.717, 1.165) is 44.9 Å². The third-order valence-corrected chi connectivity index (χ3v) is 4.40. The second kappa shape index (κ2) is 9.25. The van der Waals surface area contributed by atoms with E-state index in [4.69, 9.17) is 9.73 Å². The fourth-order valence-corrected chi connectivity index (χ4v) is 2.76. The molecule has 2 fully saturated rings. The largest absolute Gasteiger partial charge is 0.444 e. The third kappa shape index (κ3) is 7.16. The number of likely N-dealkylation sites (tertiary alicyclic amines) is 1. The molecule has 2 aliphatic rings. The molecule has 146 valence electrons. The molecular formula is C17H33IN4O3.